The molecule has 0 bridgehead atoms. The van der Waals surface area contributed by atoms with Crippen LogP contribution in [-0.4, -0.2) is 60.5 Å². The number of rotatable bonds is 5. The van der Waals surface area contributed by atoms with E-state index in [2.05, 4.69) is 22.2 Å². The monoisotopic (exact) mass is 431 g/mol. The van der Waals surface area contributed by atoms with Crippen LogP contribution in [0, 0.1) is 13.8 Å². The predicted octanol–water partition coefficient (Wildman–Crippen LogP) is 3.90. The first-order valence-corrected chi connectivity index (χ1v) is 10.4. The Balaban J connectivity index is 1.57. The number of anilines is 1. The Morgan fingerprint density at radius 3 is 2.52 bits per heavy atom. The molecule has 29 heavy (non-hydrogen) atoms. The zero-order valence-electron chi connectivity index (χ0n) is 17.0. The maximum absolute atomic E-state index is 12.2. The van der Waals surface area contributed by atoms with Crippen LogP contribution in [0.3, 0.4) is 0 Å². The van der Waals surface area contributed by atoms with Gasteiger partial charge >= 0.3 is 0 Å². The number of carbonyl (C=O) groups is 1. The Morgan fingerprint density at radius 2 is 1.86 bits per heavy atom. The minimum absolute atomic E-state index is 0.116. The summed E-state index contributed by atoms with van der Waals surface area (Å²) in [6.07, 6.45) is 0. The maximum Gasteiger partial charge on any atom is 0.262 e. The molecule has 1 saturated heterocycles. The van der Waals surface area contributed by atoms with Gasteiger partial charge in [0.05, 0.1) is 5.02 Å². The topological polar surface area (TPSA) is 44.8 Å². The molecule has 0 radical (unpaired) electrons. The van der Waals surface area contributed by atoms with E-state index in [0.29, 0.717) is 10.8 Å². The molecule has 1 fully saturated rings. The number of likely N-dealkylation sites (N-methyl/N-ethyl adjacent to an activating group) is 1. The predicted molar refractivity (Wildman–Crippen MR) is 122 cm³/mol. The molecule has 7 heteroatoms. The molecule has 1 heterocycles. The number of hydrogen-bond acceptors (Lipinski definition) is 4. The van der Waals surface area contributed by atoms with E-state index in [1.165, 1.54) is 0 Å². The molecule has 1 aliphatic rings. The molecule has 1 aliphatic heterocycles. The summed E-state index contributed by atoms with van der Waals surface area (Å²) in [5.74, 6) is 0.234. The van der Waals surface area contributed by atoms with Gasteiger partial charge in [-0.3, -0.25) is 4.79 Å². The Bertz CT molecular complexity index is 911. The van der Waals surface area contributed by atoms with Crippen LogP contribution in [0.25, 0.3) is 0 Å². The second-order valence-corrected chi connectivity index (χ2v) is 8.19. The van der Waals surface area contributed by atoms with Gasteiger partial charge in [-0.05, 0) is 50.7 Å². The maximum atomic E-state index is 12.2. The van der Waals surface area contributed by atoms with Gasteiger partial charge in [-0.15, -0.1) is 0 Å². The molecule has 0 aromatic heterocycles. The van der Waals surface area contributed by atoms with Gasteiger partial charge in [-0.25, -0.2) is 0 Å². The summed E-state index contributed by atoms with van der Waals surface area (Å²) in [6, 6.07) is 11.3. The smallest absolute Gasteiger partial charge is 0.262 e. The Labute approximate surface area is 182 Å². The van der Waals surface area contributed by atoms with Gasteiger partial charge in [0.15, 0.2) is 6.61 Å². The summed E-state index contributed by atoms with van der Waals surface area (Å²) in [6.45, 7) is 7.66. The number of halogens is 1. The Kier molecular flexibility index (Phi) is 7.11. The SMILES string of the molecule is Cc1ccc(NC(=O)COc2ccc(C(=S)N3CCN(C)CC3)cc2Cl)c(C)c1. The molecular weight excluding hydrogens is 406 g/mol. The van der Waals surface area contributed by atoms with Crippen molar-refractivity contribution in [1.82, 2.24) is 9.80 Å². The van der Waals surface area contributed by atoms with E-state index in [-0.39, 0.29) is 12.5 Å². The molecule has 0 unspecified atom stereocenters. The lowest BCUT2D eigenvalue weighted by Crippen LogP contribution is -2.46. The van der Waals surface area contributed by atoms with E-state index in [0.717, 1.165) is 53.5 Å². The zero-order chi connectivity index (χ0) is 21.0. The van der Waals surface area contributed by atoms with Crippen LogP contribution in [0.1, 0.15) is 16.7 Å². The van der Waals surface area contributed by atoms with Crippen molar-refractivity contribution in [3.63, 3.8) is 0 Å². The second-order valence-electron chi connectivity index (χ2n) is 7.40. The van der Waals surface area contributed by atoms with Crippen molar-refractivity contribution < 1.29 is 9.53 Å². The Morgan fingerprint density at radius 1 is 1.14 bits per heavy atom. The van der Waals surface area contributed by atoms with E-state index < -0.39 is 0 Å². The van der Waals surface area contributed by atoms with E-state index in [9.17, 15) is 4.79 Å². The first-order valence-electron chi connectivity index (χ1n) is 9.61. The van der Waals surface area contributed by atoms with E-state index in [1.807, 2.05) is 38.1 Å². The fourth-order valence-corrected chi connectivity index (χ4v) is 3.77. The van der Waals surface area contributed by atoms with Crippen molar-refractivity contribution in [1.29, 1.82) is 0 Å². The number of amides is 1. The van der Waals surface area contributed by atoms with Crippen LogP contribution in [0.5, 0.6) is 5.75 Å². The summed E-state index contributed by atoms with van der Waals surface area (Å²) in [4.78, 5) is 17.5. The number of carbonyl (C=O) groups excluding carboxylic acids is 1. The van der Waals surface area contributed by atoms with E-state index in [4.69, 9.17) is 28.6 Å². The van der Waals surface area contributed by atoms with Crippen molar-refractivity contribution in [3.05, 3.63) is 58.1 Å². The highest BCUT2D eigenvalue weighted by molar-refractivity contribution is 7.80. The van der Waals surface area contributed by atoms with Crippen molar-refractivity contribution in [2.45, 2.75) is 13.8 Å². The highest BCUT2D eigenvalue weighted by Gasteiger charge is 2.18. The first-order chi connectivity index (χ1) is 13.8. The third kappa shape index (κ3) is 5.69. The summed E-state index contributed by atoms with van der Waals surface area (Å²) in [5, 5.41) is 3.31. The lowest BCUT2D eigenvalue weighted by molar-refractivity contribution is -0.118. The molecule has 0 atom stereocenters. The van der Waals surface area contributed by atoms with Crippen LogP contribution in [0.15, 0.2) is 36.4 Å². The number of ether oxygens (including phenoxy) is 1. The highest BCUT2D eigenvalue weighted by Crippen LogP contribution is 2.26. The molecule has 154 valence electrons. The van der Waals surface area contributed by atoms with Crippen molar-refractivity contribution in [2.75, 3.05) is 45.2 Å². The second kappa shape index (κ2) is 9.57. The largest absolute Gasteiger partial charge is 0.482 e. The lowest BCUT2D eigenvalue weighted by Gasteiger charge is -2.34. The Hall–Kier alpha value is -2.15. The molecule has 5 nitrogen and oxygen atoms in total. The molecule has 2 aromatic carbocycles. The first kappa shape index (κ1) is 21.6. The van der Waals surface area contributed by atoms with Crippen molar-refractivity contribution in [2.24, 2.45) is 0 Å². The van der Waals surface area contributed by atoms with Gasteiger partial charge in [0.25, 0.3) is 5.91 Å². The van der Waals surface area contributed by atoms with Gasteiger partial charge in [0.1, 0.15) is 10.7 Å². The minimum atomic E-state index is -0.231. The molecule has 0 saturated carbocycles. The van der Waals surface area contributed by atoms with Crippen LogP contribution in [0.2, 0.25) is 5.02 Å². The van der Waals surface area contributed by atoms with E-state index >= 15 is 0 Å². The standard InChI is InChI=1S/C22H26ClN3O2S/c1-15-4-6-19(16(2)12-15)24-21(27)14-28-20-7-5-17(13-18(20)23)22(29)26-10-8-25(3)9-11-26/h4-7,12-13H,8-11,14H2,1-3H3,(H,24,27). The molecule has 0 aliphatic carbocycles. The van der Waals surface area contributed by atoms with Crippen LogP contribution in [0.4, 0.5) is 5.69 Å². The summed E-state index contributed by atoms with van der Waals surface area (Å²) in [7, 11) is 2.11. The number of aryl methyl sites for hydroxylation is 2. The molecule has 0 spiro atoms. The highest BCUT2D eigenvalue weighted by atomic mass is 35.5. The fourth-order valence-electron chi connectivity index (χ4n) is 3.23. The van der Waals surface area contributed by atoms with Gasteiger partial charge in [0, 0.05) is 37.4 Å². The van der Waals surface area contributed by atoms with Crippen molar-refractivity contribution >= 4 is 40.4 Å². The molecule has 1 amide bonds. The van der Waals surface area contributed by atoms with Crippen LogP contribution in [-0.2, 0) is 4.79 Å². The fraction of sp³-hybridized carbons (Fsp3) is 0.364. The van der Waals surface area contributed by atoms with Gasteiger partial charge in [-0.2, -0.15) is 0 Å². The zero-order valence-corrected chi connectivity index (χ0v) is 18.6. The van der Waals surface area contributed by atoms with Crippen LogP contribution < -0.4 is 10.1 Å². The number of benzene rings is 2. The summed E-state index contributed by atoms with van der Waals surface area (Å²) < 4.78 is 5.62. The number of hydrogen-bond donors (Lipinski definition) is 1. The van der Waals surface area contributed by atoms with Crippen LogP contribution >= 0.6 is 23.8 Å². The molecule has 1 N–H and O–H groups in total. The number of piperazine rings is 1. The van der Waals surface area contributed by atoms with Gasteiger partial charge in [0.2, 0.25) is 0 Å². The number of nitrogens with one attached hydrogen (secondary N) is 1. The molecule has 3 rings (SSSR count). The summed E-state index contributed by atoms with van der Waals surface area (Å²) >= 11 is 12.0. The van der Waals surface area contributed by atoms with E-state index in [1.54, 1.807) is 12.1 Å². The third-order valence-corrected chi connectivity index (χ3v) is 5.77. The van der Waals surface area contributed by atoms with Crippen molar-refractivity contribution in [3.8, 4) is 5.75 Å². The number of nitrogens with zero attached hydrogens (tertiary/aromatic N) is 2. The third-order valence-electron chi connectivity index (χ3n) is 4.98. The molecule has 2 aromatic rings. The van der Waals surface area contributed by atoms with Gasteiger partial charge in [-0.1, -0.05) is 41.5 Å². The summed E-state index contributed by atoms with van der Waals surface area (Å²) in [5.41, 5.74) is 3.83. The quantitative estimate of drug-likeness (QED) is 0.727. The minimum Gasteiger partial charge on any atom is -0.482 e. The van der Waals surface area contributed by atoms with Gasteiger partial charge < -0.3 is 19.9 Å². The average Bonchev–Trinajstić information content (AvgIpc) is 2.69. The number of thiocarbonyl (C=S) groups is 1. The normalized spacial score (nSPS) is 14.6. The lowest BCUT2D eigenvalue weighted by atomic mass is 10.1. The molecular formula is C22H26ClN3O2S. The average molecular weight is 432 g/mol.